The molecule has 1 saturated carbocycles. The zero-order chi connectivity index (χ0) is 21.8. The lowest BCUT2D eigenvalue weighted by atomic mass is 9.55. The molecule has 5 heterocycles. The van der Waals surface area contributed by atoms with Crippen LogP contribution in [-0.2, 0) is 16.6 Å². The first-order valence-electron chi connectivity index (χ1n) is 10.2. The highest BCUT2D eigenvalue weighted by Gasteiger charge is 2.57. The summed E-state index contributed by atoms with van der Waals surface area (Å²) in [7, 11) is 1.50. The van der Waals surface area contributed by atoms with E-state index in [1.54, 1.807) is 6.20 Å². The van der Waals surface area contributed by atoms with Crippen molar-refractivity contribution in [1.29, 1.82) is 0 Å². The number of Topliss-reactive ketones (excluding diaryl/α,β-unsaturated/α-hetero) is 1. The molecule has 3 aromatic heterocycles. The summed E-state index contributed by atoms with van der Waals surface area (Å²) in [5.74, 6) is -0.0779. The highest BCUT2D eigenvalue weighted by Crippen LogP contribution is 2.57. The van der Waals surface area contributed by atoms with E-state index in [0.717, 1.165) is 25.0 Å². The first kappa shape index (κ1) is 20.0. The van der Waals surface area contributed by atoms with E-state index in [1.807, 2.05) is 10.6 Å². The number of imidazole rings is 1. The van der Waals surface area contributed by atoms with Gasteiger partial charge in [0.05, 0.1) is 30.5 Å². The minimum atomic E-state index is -2.73. The fourth-order valence-corrected chi connectivity index (χ4v) is 4.94. The number of fused-ring (bicyclic) bond motifs is 3. The van der Waals surface area contributed by atoms with Crippen LogP contribution in [0.4, 0.5) is 8.78 Å². The molecule has 162 valence electrons. The van der Waals surface area contributed by atoms with Crippen LogP contribution in [0.5, 0.6) is 5.88 Å². The molecule has 0 atom stereocenters. The lowest BCUT2D eigenvalue weighted by Crippen LogP contribution is -2.59. The highest BCUT2D eigenvalue weighted by atomic mass is 19.3. The van der Waals surface area contributed by atoms with Crippen LogP contribution >= 0.6 is 0 Å². The number of aromatic nitrogens is 4. The minimum Gasteiger partial charge on any atom is -0.478 e. The first-order chi connectivity index (χ1) is 14.8. The lowest BCUT2D eigenvalue weighted by molar-refractivity contribution is -0.182. The van der Waals surface area contributed by atoms with Gasteiger partial charge in [-0.2, -0.15) is 0 Å². The Kier molecular flexibility index (Phi) is 4.55. The van der Waals surface area contributed by atoms with Crippen LogP contribution in [0.1, 0.15) is 60.2 Å². The molecule has 0 amide bonds. The van der Waals surface area contributed by atoms with Gasteiger partial charge in [0.2, 0.25) is 5.65 Å². The Hall–Kier alpha value is -2.94. The van der Waals surface area contributed by atoms with Crippen molar-refractivity contribution in [3.8, 4) is 5.88 Å². The molecule has 2 bridgehead atoms. The predicted octanol–water partition coefficient (Wildman–Crippen LogP) is 3.71. The molecule has 2 aliphatic heterocycles. The largest absolute Gasteiger partial charge is 0.478 e. The number of carbonyl (C=O) groups excluding carboxylic acids is 1. The summed E-state index contributed by atoms with van der Waals surface area (Å²) in [6, 6.07) is 4.03. The second kappa shape index (κ2) is 7.05. The highest BCUT2D eigenvalue weighted by molar-refractivity contribution is 5.95. The molecule has 6 rings (SSSR count). The summed E-state index contributed by atoms with van der Waals surface area (Å²) in [5, 5.41) is 0. The molecule has 7 nitrogen and oxygen atoms in total. The van der Waals surface area contributed by atoms with Gasteiger partial charge in [0.25, 0.3) is 12.3 Å². The molecular weight excluding hydrogens is 406 g/mol. The third kappa shape index (κ3) is 3.37. The maximum Gasteiger partial charge on any atom is 0.280 e. The van der Waals surface area contributed by atoms with Gasteiger partial charge in [-0.3, -0.25) is 4.79 Å². The third-order valence-corrected chi connectivity index (χ3v) is 6.27. The van der Waals surface area contributed by atoms with Crippen molar-refractivity contribution in [2.24, 2.45) is 0 Å². The SMILES string of the molecule is COc1nc(CC(=O)c2cccc(C(F)F)n2)cn2cc(C34CCOC(C)(C3)C4)nc12. The maximum absolute atomic E-state index is 12.9. The molecule has 0 aromatic carbocycles. The molecule has 0 unspecified atom stereocenters. The van der Waals surface area contributed by atoms with E-state index in [9.17, 15) is 13.6 Å². The molecule has 31 heavy (non-hydrogen) atoms. The molecular formula is C22H22F2N4O3. The van der Waals surface area contributed by atoms with Crippen LogP contribution in [0.3, 0.4) is 0 Å². The lowest BCUT2D eigenvalue weighted by Gasteiger charge is -2.58. The van der Waals surface area contributed by atoms with Crippen molar-refractivity contribution >= 4 is 11.4 Å². The van der Waals surface area contributed by atoms with Gasteiger partial charge in [0.1, 0.15) is 11.4 Å². The Morgan fingerprint density at radius 2 is 2.06 bits per heavy atom. The summed E-state index contributed by atoms with van der Waals surface area (Å²) < 4.78 is 38.9. The van der Waals surface area contributed by atoms with Crippen molar-refractivity contribution in [2.75, 3.05) is 13.7 Å². The number of hydrogen-bond donors (Lipinski definition) is 0. The Morgan fingerprint density at radius 3 is 2.77 bits per heavy atom. The number of halogens is 2. The monoisotopic (exact) mass is 428 g/mol. The Morgan fingerprint density at radius 1 is 1.26 bits per heavy atom. The molecule has 0 radical (unpaired) electrons. The van der Waals surface area contributed by atoms with Crippen LogP contribution < -0.4 is 4.74 Å². The number of methoxy groups -OCH3 is 1. The van der Waals surface area contributed by atoms with Crippen LogP contribution in [0.25, 0.3) is 5.65 Å². The molecule has 2 saturated heterocycles. The van der Waals surface area contributed by atoms with Gasteiger partial charge in [-0.05, 0) is 38.3 Å². The number of pyridine rings is 1. The number of rotatable bonds is 6. The summed E-state index contributed by atoms with van der Waals surface area (Å²) in [5.41, 5.74) is 1.50. The molecule has 1 aliphatic carbocycles. The zero-order valence-electron chi connectivity index (χ0n) is 17.3. The van der Waals surface area contributed by atoms with Gasteiger partial charge in [-0.1, -0.05) is 6.07 Å². The van der Waals surface area contributed by atoms with E-state index in [4.69, 9.17) is 14.5 Å². The summed E-state index contributed by atoms with van der Waals surface area (Å²) in [6.45, 7) is 2.84. The second-order valence-electron chi connectivity index (χ2n) is 8.63. The number of hydrogen-bond acceptors (Lipinski definition) is 6. The normalized spacial score (nSPS) is 24.9. The summed E-state index contributed by atoms with van der Waals surface area (Å²) >= 11 is 0. The smallest absolute Gasteiger partial charge is 0.280 e. The molecule has 9 heteroatoms. The predicted molar refractivity (Wildman–Crippen MR) is 107 cm³/mol. The van der Waals surface area contributed by atoms with Crippen molar-refractivity contribution in [1.82, 2.24) is 19.4 Å². The van der Waals surface area contributed by atoms with Crippen molar-refractivity contribution < 1.29 is 23.0 Å². The van der Waals surface area contributed by atoms with E-state index >= 15 is 0 Å². The molecule has 0 spiro atoms. The van der Waals surface area contributed by atoms with E-state index in [2.05, 4.69) is 16.9 Å². The topological polar surface area (TPSA) is 78.6 Å². The Bertz CT molecular complexity index is 1170. The minimum absolute atomic E-state index is 0.000352. The number of ether oxygens (including phenoxy) is 2. The van der Waals surface area contributed by atoms with Gasteiger partial charge < -0.3 is 13.9 Å². The number of nitrogens with zero attached hydrogens (tertiary/aromatic N) is 4. The average molecular weight is 428 g/mol. The van der Waals surface area contributed by atoms with Crippen molar-refractivity contribution in [2.45, 2.75) is 50.0 Å². The maximum atomic E-state index is 12.9. The zero-order valence-corrected chi connectivity index (χ0v) is 17.3. The summed E-state index contributed by atoms with van der Waals surface area (Å²) in [4.78, 5) is 25.6. The number of carbonyl (C=O) groups is 1. The van der Waals surface area contributed by atoms with Gasteiger partial charge in [0, 0.05) is 24.4 Å². The molecule has 0 N–H and O–H groups in total. The van der Waals surface area contributed by atoms with Crippen molar-refractivity contribution in [3.63, 3.8) is 0 Å². The fraction of sp³-hybridized carbons (Fsp3) is 0.455. The van der Waals surface area contributed by atoms with Crippen LogP contribution in [0.2, 0.25) is 0 Å². The second-order valence-corrected chi connectivity index (χ2v) is 8.63. The van der Waals surface area contributed by atoms with Gasteiger partial charge in [-0.15, -0.1) is 0 Å². The molecule has 3 aliphatic rings. The van der Waals surface area contributed by atoms with Crippen LogP contribution in [0, 0.1) is 0 Å². The standard InChI is InChI=1S/C22H22F2N4O3/c1-21-11-22(12-21,6-7-31-21)17-10-28-9-13(25-20(30-2)19(28)27-17)8-16(29)14-4-3-5-15(26-14)18(23)24/h3-5,9-10,18H,6-8,11-12H2,1-2H3. The molecule has 3 aromatic rings. The van der Waals surface area contributed by atoms with E-state index in [-0.39, 0.29) is 23.1 Å². The molecule has 3 fully saturated rings. The van der Waals surface area contributed by atoms with Crippen LogP contribution in [0.15, 0.2) is 30.6 Å². The van der Waals surface area contributed by atoms with Crippen LogP contribution in [-0.4, -0.2) is 44.5 Å². The Balaban J connectivity index is 1.45. The van der Waals surface area contributed by atoms with Gasteiger partial charge in [-0.25, -0.2) is 23.7 Å². The first-order valence-corrected chi connectivity index (χ1v) is 10.2. The van der Waals surface area contributed by atoms with E-state index < -0.39 is 17.9 Å². The van der Waals surface area contributed by atoms with E-state index in [1.165, 1.54) is 25.3 Å². The quantitative estimate of drug-likeness (QED) is 0.557. The van der Waals surface area contributed by atoms with Gasteiger partial charge >= 0.3 is 0 Å². The average Bonchev–Trinajstić information content (AvgIpc) is 3.17. The summed E-state index contributed by atoms with van der Waals surface area (Å²) in [6.07, 6.45) is 3.65. The van der Waals surface area contributed by atoms with Crippen molar-refractivity contribution in [3.05, 3.63) is 53.4 Å². The Labute approximate surface area is 177 Å². The van der Waals surface area contributed by atoms with Gasteiger partial charge in [0.15, 0.2) is 5.78 Å². The number of alkyl halides is 2. The number of ketones is 1. The van der Waals surface area contributed by atoms with E-state index in [0.29, 0.717) is 23.8 Å². The third-order valence-electron chi connectivity index (χ3n) is 6.27. The fourth-order valence-electron chi connectivity index (χ4n) is 4.94.